The van der Waals surface area contributed by atoms with E-state index in [0.29, 0.717) is 32.4 Å². The van der Waals surface area contributed by atoms with Gasteiger partial charge in [-0.05, 0) is 49.8 Å². The summed E-state index contributed by atoms with van der Waals surface area (Å²) in [6.07, 6.45) is 0.131. The van der Waals surface area contributed by atoms with Gasteiger partial charge in [-0.2, -0.15) is 12.6 Å². The van der Waals surface area contributed by atoms with E-state index in [9.17, 15) is 68.1 Å². The summed E-state index contributed by atoms with van der Waals surface area (Å²) < 4.78 is 4.62. The number of carbonyl (C=O) groups excluding carboxylic acids is 7. The second kappa shape index (κ2) is 34.4. The lowest BCUT2D eigenvalue weighted by Crippen LogP contribution is -2.53. The van der Waals surface area contributed by atoms with Crippen molar-refractivity contribution in [3.63, 3.8) is 0 Å². The molecule has 0 aliphatic rings. The molecule has 0 aromatic heterocycles. The minimum atomic E-state index is -1.58. The summed E-state index contributed by atoms with van der Waals surface area (Å²) in [5.74, 6) is -10.7. The van der Waals surface area contributed by atoms with Crippen LogP contribution in [0.2, 0.25) is 0 Å². The maximum absolute atomic E-state index is 14.1. The zero-order valence-electron chi connectivity index (χ0n) is 39.8. The number of hydrogen-bond donors (Lipinski definition) is 12. The maximum atomic E-state index is 14.1. The van der Waals surface area contributed by atoms with Gasteiger partial charge in [-0.3, -0.25) is 43.2 Å². The van der Waals surface area contributed by atoms with Crippen LogP contribution in [0.25, 0.3) is 0 Å². The van der Waals surface area contributed by atoms with E-state index in [-0.39, 0.29) is 50.1 Å². The first-order valence-corrected chi connectivity index (χ1v) is 24.1. The molecule has 0 saturated carbocycles. The van der Waals surface area contributed by atoms with Gasteiger partial charge in [0.15, 0.2) is 17.8 Å². The summed E-state index contributed by atoms with van der Waals surface area (Å²) in [4.78, 5) is 135. The van der Waals surface area contributed by atoms with E-state index in [1.165, 1.54) is 0 Å². The lowest BCUT2D eigenvalue weighted by Gasteiger charge is -2.23. The third-order valence-electron chi connectivity index (χ3n) is 11.2. The zero-order chi connectivity index (χ0) is 53.4. The van der Waals surface area contributed by atoms with Gasteiger partial charge in [0.2, 0.25) is 17.7 Å². The van der Waals surface area contributed by atoms with Gasteiger partial charge in [-0.25, -0.2) is 9.59 Å². The van der Waals surface area contributed by atoms with Crippen LogP contribution in [-0.2, 0) is 65.5 Å². The standard InChI is InChI=1S/C48H67N7O16S/c49-34(45(65)53-37(26-43(62)63)39(58)25-33(28-72)46(66)67)27-52-44(64)32(22-30-12-6-4-7-13-30)24-38(57)36(23-31-14-8-5-9-15-31)50-20-10-2-1-3-11-21-51-40(59)17-16-35(47(68)69)54-48(70)55-41(71-29-56)18-19-42(60)61/h4-9,12-15,29,32-37,41,50,72H,1-3,10-11,16-28,49H2,(H,51,59)(H,52,64)(H,53,65)(H,60,61)(H,62,63)(H,66,67)(H,68,69)(H2,54,55,70)/t32?,33-,34+,35+,36?,37+,41-/m1/s1. The number of aliphatic carboxylic acids is 4. The predicted molar refractivity (Wildman–Crippen MR) is 261 cm³/mol. The molecule has 0 aliphatic heterocycles. The SMILES string of the molecule is N[C@@H](CNC(=O)C(CC(=O)C(Cc1ccccc1)NCCCCCCCNC(=O)CC[C@H](NC(=O)N[C@@H](CCC(=O)O)OC=O)C(=O)O)Cc1ccccc1)C(=O)N[C@@H](CC(=O)O)C(=O)C[C@H](CS)C(=O)O. The maximum Gasteiger partial charge on any atom is 0.326 e. The molecule has 2 unspecified atom stereocenters. The number of benzene rings is 2. The Hall–Kier alpha value is -6.92. The number of carboxylic acid groups (broad SMARTS) is 4. The molecule has 12 N–H and O–H groups in total. The van der Waals surface area contributed by atoms with Crippen molar-refractivity contribution in [2.45, 2.75) is 120 Å². The fraction of sp³-hybridized carbons (Fsp3) is 0.521. The molecule has 2 aromatic rings. The number of nitrogens with one attached hydrogen (secondary N) is 6. The first-order valence-electron chi connectivity index (χ1n) is 23.5. The number of ether oxygens (including phenoxy) is 1. The molecule has 0 radical (unpaired) electrons. The number of carbonyl (C=O) groups is 11. The molecule has 0 saturated heterocycles. The van der Waals surface area contributed by atoms with Crippen molar-refractivity contribution >= 4 is 78.3 Å². The van der Waals surface area contributed by atoms with Gasteiger partial charge in [0.1, 0.15) is 12.1 Å². The number of rotatable bonds is 39. The van der Waals surface area contributed by atoms with Crippen molar-refractivity contribution in [3.8, 4) is 0 Å². The predicted octanol–water partition coefficient (Wildman–Crippen LogP) is 0.961. The van der Waals surface area contributed by atoms with Crippen LogP contribution >= 0.6 is 12.6 Å². The highest BCUT2D eigenvalue weighted by molar-refractivity contribution is 7.80. The average molecular weight is 1030 g/mol. The second-order valence-corrected chi connectivity index (χ2v) is 17.3. The summed E-state index contributed by atoms with van der Waals surface area (Å²) in [7, 11) is 0. The molecule has 396 valence electrons. The van der Waals surface area contributed by atoms with Crippen molar-refractivity contribution in [2.75, 3.05) is 25.4 Å². The summed E-state index contributed by atoms with van der Waals surface area (Å²) in [6, 6.07) is 12.1. The topological polar surface area (TPSA) is 376 Å². The Labute approximate surface area is 421 Å². The molecule has 5 amide bonds. The van der Waals surface area contributed by atoms with E-state index >= 15 is 0 Å². The van der Waals surface area contributed by atoms with Crippen molar-refractivity contribution in [1.29, 1.82) is 0 Å². The number of carboxylic acids is 4. The number of Topliss-reactive ketones (excluding diaryl/α,β-unsaturated/α-hetero) is 2. The van der Waals surface area contributed by atoms with Crippen LogP contribution in [0.15, 0.2) is 60.7 Å². The molecule has 0 fully saturated rings. The second-order valence-electron chi connectivity index (χ2n) is 17.0. The number of nitrogens with two attached hydrogens (primary N) is 1. The van der Waals surface area contributed by atoms with Crippen molar-refractivity contribution in [1.82, 2.24) is 31.9 Å². The third-order valence-corrected chi connectivity index (χ3v) is 11.7. The Kier molecular flexibility index (Phi) is 29.2. The fourth-order valence-corrected chi connectivity index (χ4v) is 7.49. The van der Waals surface area contributed by atoms with E-state index in [0.717, 1.165) is 30.4 Å². The van der Waals surface area contributed by atoms with Crippen LogP contribution in [0.4, 0.5) is 4.79 Å². The molecule has 7 atom stereocenters. The van der Waals surface area contributed by atoms with Crippen LogP contribution in [0.3, 0.4) is 0 Å². The largest absolute Gasteiger partial charge is 0.481 e. The van der Waals surface area contributed by atoms with Crippen LogP contribution in [0.1, 0.15) is 88.2 Å². The Morgan fingerprint density at radius 2 is 1.18 bits per heavy atom. The first-order chi connectivity index (χ1) is 34.3. The molecule has 2 aromatic carbocycles. The van der Waals surface area contributed by atoms with Crippen LogP contribution < -0.4 is 37.6 Å². The van der Waals surface area contributed by atoms with Gasteiger partial charge in [-0.15, -0.1) is 0 Å². The van der Waals surface area contributed by atoms with E-state index in [2.05, 4.69) is 49.3 Å². The lowest BCUT2D eigenvalue weighted by molar-refractivity contribution is -0.144. The molecule has 0 bridgehead atoms. The Bertz CT molecular complexity index is 2100. The van der Waals surface area contributed by atoms with E-state index < -0.39 is 121 Å². The van der Waals surface area contributed by atoms with E-state index in [1.54, 1.807) is 18.2 Å². The quantitative estimate of drug-likeness (QED) is 0.0192. The number of urea groups is 1. The van der Waals surface area contributed by atoms with Crippen molar-refractivity contribution in [2.24, 2.45) is 17.6 Å². The third kappa shape index (κ3) is 25.8. The minimum Gasteiger partial charge on any atom is -0.481 e. The van der Waals surface area contributed by atoms with Gasteiger partial charge >= 0.3 is 29.9 Å². The highest BCUT2D eigenvalue weighted by Gasteiger charge is 2.32. The Morgan fingerprint density at radius 3 is 1.75 bits per heavy atom. The lowest BCUT2D eigenvalue weighted by atomic mass is 9.89. The Balaban J connectivity index is 1.94. The fourth-order valence-electron chi connectivity index (χ4n) is 7.20. The normalized spacial score (nSPS) is 13.8. The van der Waals surface area contributed by atoms with Crippen LogP contribution in [-0.4, -0.2) is 142 Å². The summed E-state index contributed by atoms with van der Waals surface area (Å²) >= 11 is 3.93. The van der Waals surface area contributed by atoms with Gasteiger partial charge < -0.3 is 62.8 Å². The summed E-state index contributed by atoms with van der Waals surface area (Å²) in [6.45, 7) is 0.380. The molecule has 0 heterocycles. The molecule has 72 heavy (non-hydrogen) atoms. The smallest absolute Gasteiger partial charge is 0.326 e. The van der Waals surface area contributed by atoms with Crippen molar-refractivity contribution in [3.05, 3.63) is 71.8 Å². The first kappa shape index (κ1) is 61.2. The van der Waals surface area contributed by atoms with Gasteiger partial charge in [-0.1, -0.05) is 79.9 Å². The average Bonchev–Trinajstić information content (AvgIpc) is 3.34. The summed E-state index contributed by atoms with van der Waals surface area (Å²) in [5, 5.41) is 52.3. The minimum absolute atomic E-state index is 0.0145. The number of unbranched alkanes of at least 4 members (excludes halogenated alkanes) is 4. The van der Waals surface area contributed by atoms with E-state index in [4.69, 9.17) is 10.8 Å². The van der Waals surface area contributed by atoms with E-state index in [1.807, 2.05) is 42.5 Å². The Morgan fingerprint density at radius 1 is 0.597 bits per heavy atom. The summed E-state index contributed by atoms with van der Waals surface area (Å²) in [5.41, 5.74) is 7.73. The number of amides is 5. The number of thiol groups is 1. The molecule has 2 rings (SSSR count). The van der Waals surface area contributed by atoms with Crippen molar-refractivity contribution < 1.29 is 77.9 Å². The monoisotopic (exact) mass is 1030 g/mol. The zero-order valence-corrected chi connectivity index (χ0v) is 40.7. The highest BCUT2D eigenvalue weighted by atomic mass is 32.1. The van der Waals surface area contributed by atoms with Gasteiger partial charge in [0, 0.05) is 50.4 Å². The molecule has 0 aliphatic carbocycles. The molecule has 0 spiro atoms. The molecule has 23 nitrogen and oxygen atoms in total. The number of hydrogen-bond acceptors (Lipinski definition) is 15. The van der Waals surface area contributed by atoms with Gasteiger partial charge in [0.05, 0.1) is 30.8 Å². The molecular weight excluding hydrogens is 963 g/mol. The van der Waals surface area contributed by atoms with Gasteiger partial charge in [0.25, 0.3) is 6.47 Å². The van der Waals surface area contributed by atoms with Crippen LogP contribution in [0, 0.1) is 11.8 Å². The van der Waals surface area contributed by atoms with Crippen LogP contribution in [0.5, 0.6) is 0 Å². The highest BCUT2D eigenvalue weighted by Crippen LogP contribution is 2.17. The molecular formula is C48H67N7O16S. The number of ketones is 2. The molecule has 24 heteroatoms.